The fraction of sp³-hybridized carbons (Fsp3) is 0. The van der Waals surface area contributed by atoms with E-state index >= 15 is 0 Å². The fourth-order valence-electron chi connectivity index (χ4n) is 1.31. The van der Waals surface area contributed by atoms with Crippen molar-refractivity contribution < 1.29 is 8.78 Å². The zero-order valence-electron chi connectivity index (χ0n) is 8.05. The number of anilines is 1. The Labute approximate surface area is 95.7 Å². The maximum atomic E-state index is 13.5. The SMILES string of the molecule is Nc1cnc(-c2ccc(F)c(Cl)c2)c(F)c1. The summed E-state index contributed by atoms with van der Waals surface area (Å²) in [6.07, 6.45) is 1.33. The topological polar surface area (TPSA) is 38.9 Å². The summed E-state index contributed by atoms with van der Waals surface area (Å²) in [5.41, 5.74) is 6.10. The number of nitrogens with two attached hydrogens (primary N) is 1. The van der Waals surface area contributed by atoms with E-state index in [4.69, 9.17) is 17.3 Å². The number of hydrogen-bond donors (Lipinski definition) is 1. The molecular weight excluding hydrogens is 234 g/mol. The molecule has 0 atom stereocenters. The number of benzene rings is 1. The van der Waals surface area contributed by atoms with Crippen LogP contribution in [0.1, 0.15) is 0 Å². The molecule has 1 aromatic heterocycles. The third-order valence-electron chi connectivity index (χ3n) is 2.06. The normalized spacial score (nSPS) is 10.4. The van der Waals surface area contributed by atoms with Gasteiger partial charge in [0, 0.05) is 11.6 Å². The van der Waals surface area contributed by atoms with E-state index in [9.17, 15) is 8.78 Å². The Morgan fingerprint density at radius 1 is 1.12 bits per heavy atom. The monoisotopic (exact) mass is 240 g/mol. The minimum Gasteiger partial charge on any atom is -0.397 e. The van der Waals surface area contributed by atoms with Gasteiger partial charge in [0.1, 0.15) is 11.5 Å². The minimum atomic E-state index is -0.567. The number of pyridine rings is 1. The maximum absolute atomic E-state index is 13.5. The zero-order chi connectivity index (χ0) is 11.7. The van der Waals surface area contributed by atoms with Crippen molar-refractivity contribution in [1.82, 2.24) is 4.98 Å². The Balaban J connectivity index is 2.54. The van der Waals surface area contributed by atoms with Crippen LogP contribution < -0.4 is 5.73 Å². The predicted molar refractivity (Wildman–Crippen MR) is 59.0 cm³/mol. The van der Waals surface area contributed by atoms with Crippen LogP contribution in [-0.4, -0.2) is 4.98 Å². The van der Waals surface area contributed by atoms with Crippen LogP contribution >= 0.6 is 11.6 Å². The fourth-order valence-corrected chi connectivity index (χ4v) is 1.49. The van der Waals surface area contributed by atoms with Crippen molar-refractivity contribution in [3.63, 3.8) is 0 Å². The number of hydrogen-bond acceptors (Lipinski definition) is 2. The van der Waals surface area contributed by atoms with E-state index in [1.165, 1.54) is 18.3 Å². The molecule has 2 aromatic rings. The molecule has 5 heteroatoms. The first kappa shape index (κ1) is 10.8. The Hall–Kier alpha value is -1.68. The molecule has 0 aliphatic heterocycles. The molecule has 2 N–H and O–H groups in total. The number of nitrogens with zero attached hydrogens (tertiary/aromatic N) is 1. The molecule has 0 saturated heterocycles. The van der Waals surface area contributed by atoms with Crippen molar-refractivity contribution in [2.75, 3.05) is 5.73 Å². The molecular formula is C11H7ClF2N2. The van der Waals surface area contributed by atoms with E-state index in [-0.39, 0.29) is 16.4 Å². The highest BCUT2D eigenvalue weighted by Crippen LogP contribution is 2.25. The summed E-state index contributed by atoms with van der Waals surface area (Å²) in [5.74, 6) is -1.12. The van der Waals surface area contributed by atoms with Crippen LogP contribution in [0, 0.1) is 11.6 Å². The van der Waals surface area contributed by atoms with Gasteiger partial charge >= 0.3 is 0 Å². The molecule has 0 fully saturated rings. The Morgan fingerprint density at radius 3 is 2.50 bits per heavy atom. The quantitative estimate of drug-likeness (QED) is 0.831. The van der Waals surface area contributed by atoms with E-state index in [0.29, 0.717) is 5.56 Å². The summed E-state index contributed by atoms with van der Waals surface area (Å²) in [6.45, 7) is 0. The lowest BCUT2D eigenvalue weighted by molar-refractivity contribution is 0.623. The first-order valence-electron chi connectivity index (χ1n) is 4.44. The van der Waals surface area contributed by atoms with Crippen molar-refractivity contribution in [3.05, 3.63) is 47.1 Å². The third-order valence-corrected chi connectivity index (χ3v) is 2.35. The molecule has 1 heterocycles. The van der Waals surface area contributed by atoms with Gasteiger partial charge in [0.25, 0.3) is 0 Å². The average molecular weight is 241 g/mol. The van der Waals surface area contributed by atoms with Crippen molar-refractivity contribution in [3.8, 4) is 11.3 Å². The van der Waals surface area contributed by atoms with Gasteiger partial charge in [-0.1, -0.05) is 11.6 Å². The van der Waals surface area contributed by atoms with Crippen LogP contribution in [0.4, 0.5) is 14.5 Å². The molecule has 0 bridgehead atoms. The highest BCUT2D eigenvalue weighted by Gasteiger charge is 2.09. The number of rotatable bonds is 1. The van der Waals surface area contributed by atoms with Crippen LogP contribution in [-0.2, 0) is 0 Å². The standard InChI is InChI=1S/C11H7ClF2N2/c12-8-3-6(1-2-9(8)13)11-10(14)4-7(15)5-16-11/h1-5H,15H2. The van der Waals surface area contributed by atoms with Gasteiger partial charge in [-0.3, -0.25) is 4.98 Å². The van der Waals surface area contributed by atoms with Crippen LogP contribution in [0.5, 0.6) is 0 Å². The van der Waals surface area contributed by atoms with E-state index in [2.05, 4.69) is 4.98 Å². The lowest BCUT2D eigenvalue weighted by atomic mass is 10.1. The number of halogens is 3. The van der Waals surface area contributed by atoms with Gasteiger partial charge in [0.2, 0.25) is 0 Å². The van der Waals surface area contributed by atoms with Crippen LogP contribution in [0.2, 0.25) is 5.02 Å². The lowest BCUT2D eigenvalue weighted by Crippen LogP contribution is -1.93. The van der Waals surface area contributed by atoms with E-state index in [0.717, 1.165) is 12.1 Å². The molecule has 0 aliphatic carbocycles. The molecule has 0 aliphatic rings. The van der Waals surface area contributed by atoms with Crippen LogP contribution in [0.3, 0.4) is 0 Å². The zero-order valence-corrected chi connectivity index (χ0v) is 8.80. The van der Waals surface area contributed by atoms with Crippen LogP contribution in [0.25, 0.3) is 11.3 Å². The molecule has 0 radical (unpaired) electrons. The summed E-state index contributed by atoms with van der Waals surface area (Å²) in [4.78, 5) is 3.84. The van der Waals surface area contributed by atoms with Crippen molar-refractivity contribution in [2.45, 2.75) is 0 Å². The number of aromatic nitrogens is 1. The predicted octanol–water partition coefficient (Wildman–Crippen LogP) is 3.26. The van der Waals surface area contributed by atoms with Gasteiger partial charge < -0.3 is 5.73 Å². The Kier molecular flexibility index (Phi) is 2.75. The Morgan fingerprint density at radius 2 is 1.88 bits per heavy atom. The van der Waals surface area contributed by atoms with Gasteiger partial charge in [-0.15, -0.1) is 0 Å². The number of nitrogen functional groups attached to an aromatic ring is 1. The molecule has 2 rings (SSSR count). The van der Waals surface area contributed by atoms with E-state index in [1.54, 1.807) is 0 Å². The smallest absolute Gasteiger partial charge is 0.151 e. The molecule has 0 spiro atoms. The summed E-state index contributed by atoms with van der Waals surface area (Å²) >= 11 is 5.60. The molecule has 0 unspecified atom stereocenters. The maximum Gasteiger partial charge on any atom is 0.151 e. The summed E-state index contributed by atoms with van der Waals surface area (Å²) in [5, 5.41) is -0.0736. The first-order chi connectivity index (χ1) is 7.58. The van der Waals surface area contributed by atoms with Gasteiger partial charge in [0.15, 0.2) is 5.82 Å². The highest BCUT2D eigenvalue weighted by atomic mass is 35.5. The molecule has 0 amide bonds. The summed E-state index contributed by atoms with van der Waals surface area (Å²) in [6, 6.07) is 5.04. The second-order valence-electron chi connectivity index (χ2n) is 3.23. The molecule has 2 nitrogen and oxygen atoms in total. The molecule has 82 valence electrons. The Bertz CT molecular complexity index is 544. The molecule has 0 saturated carbocycles. The van der Waals surface area contributed by atoms with Crippen LogP contribution in [0.15, 0.2) is 30.5 Å². The van der Waals surface area contributed by atoms with E-state index < -0.39 is 11.6 Å². The van der Waals surface area contributed by atoms with Crippen molar-refractivity contribution in [1.29, 1.82) is 0 Å². The second kappa shape index (κ2) is 4.06. The molecule has 16 heavy (non-hydrogen) atoms. The van der Waals surface area contributed by atoms with Gasteiger partial charge in [-0.2, -0.15) is 0 Å². The van der Waals surface area contributed by atoms with Gasteiger partial charge in [0.05, 0.1) is 16.9 Å². The van der Waals surface area contributed by atoms with Gasteiger partial charge in [-0.25, -0.2) is 8.78 Å². The second-order valence-corrected chi connectivity index (χ2v) is 3.64. The first-order valence-corrected chi connectivity index (χ1v) is 4.82. The van der Waals surface area contributed by atoms with Gasteiger partial charge in [-0.05, 0) is 18.2 Å². The molecule has 1 aromatic carbocycles. The average Bonchev–Trinajstić information content (AvgIpc) is 2.22. The largest absolute Gasteiger partial charge is 0.397 e. The van der Waals surface area contributed by atoms with E-state index in [1.807, 2.05) is 0 Å². The van der Waals surface area contributed by atoms with Crippen molar-refractivity contribution in [2.24, 2.45) is 0 Å². The summed E-state index contributed by atoms with van der Waals surface area (Å²) < 4.78 is 26.4. The highest BCUT2D eigenvalue weighted by molar-refractivity contribution is 6.31. The lowest BCUT2D eigenvalue weighted by Gasteiger charge is -2.04. The third kappa shape index (κ3) is 1.97. The summed E-state index contributed by atoms with van der Waals surface area (Å²) in [7, 11) is 0. The van der Waals surface area contributed by atoms with Crippen molar-refractivity contribution >= 4 is 17.3 Å². The minimum absolute atomic E-state index is 0.0736.